The van der Waals surface area contributed by atoms with Crippen molar-refractivity contribution in [3.63, 3.8) is 0 Å². The number of aromatic nitrogens is 2. The molecule has 0 saturated carbocycles. The maximum Gasteiger partial charge on any atom is 0.262 e. The van der Waals surface area contributed by atoms with Crippen LogP contribution in [0.3, 0.4) is 0 Å². The smallest absolute Gasteiger partial charge is 0.262 e. The zero-order valence-electron chi connectivity index (χ0n) is 15.9. The summed E-state index contributed by atoms with van der Waals surface area (Å²) in [6.45, 7) is 2.07. The molecule has 1 aliphatic rings. The maximum atomic E-state index is 12.7. The lowest BCUT2D eigenvalue weighted by Crippen LogP contribution is -2.35. The highest BCUT2D eigenvalue weighted by atomic mass is 79.9. The molecule has 7 heteroatoms. The van der Waals surface area contributed by atoms with Crippen molar-refractivity contribution in [1.82, 2.24) is 9.97 Å². The van der Waals surface area contributed by atoms with Crippen molar-refractivity contribution in [3.05, 3.63) is 46.8 Å². The molecule has 0 aliphatic carbocycles. The molecule has 1 saturated heterocycles. The summed E-state index contributed by atoms with van der Waals surface area (Å²) < 4.78 is 10.6. The number of piperidine rings is 1. The van der Waals surface area contributed by atoms with Gasteiger partial charge in [-0.3, -0.25) is 4.79 Å². The first-order valence-corrected chi connectivity index (χ1v) is 10.2. The van der Waals surface area contributed by atoms with Crippen molar-refractivity contribution in [1.29, 1.82) is 0 Å². The van der Waals surface area contributed by atoms with E-state index < -0.39 is 0 Å². The molecule has 0 amide bonds. The molecule has 28 heavy (non-hydrogen) atoms. The van der Waals surface area contributed by atoms with E-state index in [4.69, 9.17) is 9.47 Å². The minimum absolute atomic E-state index is 0.234. The minimum atomic E-state index is -0.234. The van der Waals surface area contributed by atoms with Crippen molar-refractivity contribution in [2.75, 3.05) is 32.2 Å². The zero-order valence-corrected chi connectivity index (χ0v) is 17.5. The first-order valence-electron chi connectivity index (χ1n) is 9.24. The number of hydrogen-bond acceptors (Lipinski definition) is 5. The summed E-state index contributed by atoms with van der Waals surface area (Å²) in [5.74, 6) is 1.56. The van der Waals surface area contributed by atoms with Gasteiger partial charge < -0.3 is 19.4 Å². The van der Waals surface area contributed by atoms with E-state index in [1.54, 1.807) is 19.2 Å². The molecule has 1 atom stereocenters. The number of fused-ring (bicyclic) bond motifs is 1. The van der Waals surface area contributed by atoms with Gasteiger partial charge >= 0.3 is 0 Å². The number of nitrogens with one attached hydrogen (secondary N) is 1. The van der Waals surface area contributed by atoms with E-state index in [2.05, 4.69) is 42.9 Å². The minimum Gasteiger partial charge on any atom is -0.497 e. The molecule has 6 nitrogen and oxygen atoms in total. The fraction of sp³-hybridized carbons (Fsp3) is 0.333. The summed E-state index contributed by atoms with van der Waals surface area (Å²) >= 11 is 3.72. The first-order chi connectivity index (χ1) is 13.6. The lowest BCUT2D eigenvalue weighted by molar-refractivity contribution is 0.397. The van der Waals surface area contributed by atoms with Gasteiger partial charge in [-0.15, -0.1) is 0 Å². The second-order valence-corrected chi connectivity index (χ2v) is 8.17. The molecule has 2 aromatic carbocycles. The Balaban J connectivity index is 1.72. The van der Waals surface area contributed by atoms with Gasteiger partial charge in [-0.05, 0) is 37.1 Å². The van der Waals surface area contributed by atoms with E-state index in [-0.39, 0.29) is 5.56 Å². The Hall–Kier alpha value is -2.54. The Labute approximate surface area is 171 Å². The number of ether oxygens (including phenoxy) is 2. The van der Waals surface area contributed by atoms with Crippen LogP contribution in [-0.2, 0) is 0 Å². The highest BCUT2D eigenvalue weighted by Crippen LogP contribution is 2.30. The van der Waals surface area contributed by atoms with Crippen molar-refractivity contribution in [2.24, 2.45) is 0 Å². The van der Waals surface area contributed by atoms with Gasteiger partial charge in [-0.25, -0.2) is 4.98 Å². The topological polar surface area (TPSA) is 67.5 Å². The Morgan fingerprint density at radius 2 is 1.96 bits per heavy atom. The molecule has 0 bridgehead atoms. The second-order valence-electron chi connectivity index (χ2n) is 6.87. The molecule has 1 N–H and O–H groups in total. The Bertz CT molecular complexity index is 1050. The Morgan fingerprint density at radius 1 is 1.18 bits per heavy atom. The monoisotopic (exact) mass is 443 g/mol. The lowest BCUT2D eigenvalue weighted by atomic mass is 10.1. The number of halogens is 1. The number of benzene rings is 2. The van der Waals surface area contributed by atoms with Crippen molar-refractivity contribution < 1.29 is 9.47 Å². The number of rotatable bonds is 4. The van der Waals surface area contributed by atoms with Crippen LogP contribution >= 0.6 is 15.9 Å². The molecule has 1 fully saturated rings. The van der Waals surface area contributed by atoms with E-state index in [1.165, 1.54) is 25.6 Å². The van der Waals surface area contributed by atoms with E-state index in [0.717, 1.165) is 18.7 Å². The first kappa shape index (κ1) is 18.8. The molecule has 1 aliphatic heterocycles. The third-order valence-corrected chi connectivity index (χ3v) is 5.82. The zero-order chi connectivity index (χ0) is 19.7. The highest BCUT2D eigenvalue weighted by Gasteiger charge is 2.18. The van der Waals surface area contributed by atoms with Crippen LogP contribution in [-0.4, -0.2) is 42.1 Å². The third-order valence-electron chi connectivity index (χ3n) is 5.07. The van der Waals surface area contributed by atoms with Gasteiger partial charge in [0.15, 0.2) is 0 Å². The van der Waals surface area contributed by atoms with E-state index in [1.807, 2.05) is 12.1 Å². The molecule has 1 aromatic heterocycles. The van der Waals surface area contributed by atoms with Crippen LogP contribution in [0.25, 0.3) is 22.3 Å². The van der Waals surface area contributed by atoms with Gasteiger partial charge in [0.2, 0.25) is 0 Å². The summed E-state index contributed by atoms with van der Waals surface area (Å²) in [7, 11) is 3.10. The van der Waals surface area contributed by atoms with Gasteiger partial charge in [-0.1, -0.05) is 15.9 Å². The number of anilines is 1. The number of H-pyrrole nitrogens is 1. The summed E-state index contributed by atoms with van der Waals surface area (Å²) in [4.78, 5) is 23.1. The van der Waals surface area contributed by atoms with E-state index >= 15 is 0 Å². The molecular weight excluding hydrogens is 422 g/mol. The molecule has 0 radical (unpaired) electrons. The van der Waals surface area contributed by atoms with Gasteiger partial charge in [0, 0.05) is 41.3 Å². The number of methoxy groups -OCH3 is 2. The fourth-order valence-electron chi connectivity index (χ4n) is 3.62. The van der Waals surface area contributed by atoms with E-state index in [9.17, 15) is 4.79 Å². The molecule has 2 heterocycles. The van der Waals surface area contributed by atoms with Crippen molar-refractivity contribution >= 4 is 32.5 Å². The summed E-state index contributed by atoms with van der Waals surface area (Å²) in [5, 5.41) is 0.417. The summed E-state index contributed by atoms with van der Waals surface area (Å²) in [5.41, 5.74) is 2.34. The summed E-state index contributed by atoms with van der Waals surface area (Å²) in [6.07, 6.45) is 2.39. The van der Waals surface area contributed by atoms with Crippen LogP contribution in [0, 0.1) is 0 Å². The average Bonchev–Trinajstić information content (AvgIpc) is 2.72. The quantitative estimate of drug-likeness (QED) is 0.617. The standard InChI is InChI=1S/C21H22BrN3O3/c1-27-16-10-17-19(18(11-16)28-2)21(26)24-20(23-17)13-5-7-15(8-6-13)25-9-3-4-14(22)12-25/h5-8,10-11,14H,3-4,9,12H2,1-2H3,(H,23,24,26). The lowest BCUT2D eigenvalue weighted by Gasteiger charge is -2.32. The summed E-state index contributed by atoms with van der Waals surface area (Å²) in [6, 6.07) is 11.6. The number of hydrogen-bond donors (Lipinski definition) is 1. The van der Waals surface area contributed by atoms with Crippen LogP contribution < -0.4 is 19.9 Å². The Morgan fingerprint density at radius 3 is 2.64 bits per heavy atom. The third kappa shape index (κ3) is 3.58. The van der Waals surface area contributed by atoms with Crippen molar-refractivity contribution in [3.8, 4) is 22.9 Å². The molecule has 3 aromatic rings. The number of aromatic amines is 1. The Kier molecular flexibility index (Phi) is 5.26. The van der Waals surface area contributed by atoms with Crippen LogP contribution in [0.2, 0.25) is 0 Å². The van der Waals surface area contributed by atoms with Crippen LogP contribution in [0.4, 0.5) is 5.69 Å². The van der Waals surface area contributed by atoms with Gasteiger partial charge in [0.05, 0.1) is 19.7 Å². The fourth-order valence-corrected chi connectivity index (χ4v) is 4.29. The van der Waals surface area contributed by atoms with Crippen LogP contribution in [0.15, 0.2) is 41.2 Å². The molecule has 4 rings (SSSR count). The molecular formula is C21H22BrN3O3. The van der Waals surface area contributed by atoms with Crippen LogP contribution in [0.5, 0.6) is 11.5 Å². The second kappa shape index (κ2) is 7.83. The predicted molar refractivity (Wildman–Crippen MR) is 115 cm³/mol. The molecule has 146 valence electrons. The average molecular weight is 444 g/mol. The van der Waals surface area contributed by atoms with Crippen LogP contribution in [0.1, 0.15) is 12.8 Å². The van der Waals surface area contributed by atoms with Gasteiger partial charge in [-0.2, -0.15) is 0 Å². The maximum absolute atomic E-state index is 12.7. The van der Waals surface area contributed by atoms with Gasteiger partial charge in [0.25, 0.3) is 5.56 Å². The normalized spacial score (nSPS) is 17.0. The van der Waals surface area contributed by atoms with Crippen molar-refractivity contribution in [2.45, 2.75) is 17.7 Å². The number of alkyl halides is 1. The molecule has 0 spiro atoms. The largest absolute Gasteiger partial charge is 0.497 e. The SMILES string of the molecule is COc1cc(OC)c2c(=O)[nH]c(-c3ccc(N4CCCC(Br)C4)cc3)nc2c1. The predicted octanol–water partition coefficient (Wildman–Crippen LogP) is 3.97. The van der Waals surface area contributed by atoms with Gasteiger partial charge in [0.1, 0.15) is 22.7 Å². The van der Waals surface area contributed by atoms with E-state index in [0.29, 0.717) is 33.1 Å². The number of nitrogens with zero attached hydrogens (tertiary/aromatic N) is 2. The highest BCUT2D eigenvalue weighted by molar-refractivity contribution is 9.09. The molecule has 1 unspecified atom stereocenters.